The van der Waals surface area contributed by atoms with Crippen molar-refractivity contribution in [3.8, 4) is 0 Å². The molecule has 1 saturated heterocycles. The molecule has 1 aromatic heterocycles. The Bertz CT molecular complexity index is 605. The Morgan fingerprint density at radius 3 is 2.75 bits per heavy atom. The summed E-state index contributed by atoms with van der Waals surface area (Å²) in [7, 11) is 1.64. The summed E-state index contributed by atoms with van der Waals surface area (Å²) in [6.45, 7) is 5.86. The van der Waals surface area contributed by atoms with Crippen molar-refractivity contribution in [1.82, 2.24) is 4.98 Å². The molecule has 2 atom stereocenters. The van der Waals surface area contributed by atoms with Crippen LogP contribution in [0, 0.1) is 3.57 Å². The highest BCUT2D eigenvalue weighted by molar-refractivity contribution is 14.1. The summed E-state index contributed by atoms with van der Waals surface area (Å²) in [5, 5.41) is 19.3. The summed E-state index contributed by atoms with van der Waals surface area (Å²) in [6, 6.07) is 1.70. The van der Waals surface area contributed by atoms with Crippen molar-refractivity contribution in [3.63, 3.8) is 0 Å². The van der Waals surface area contributed by atoms with Gasteiger partial charge < -0.3 is 19.8 Å². The Labute approximate surface area is 155 Å². The number of pyridine rings is 1. The molecule has 1 fully saturated rings. The highest BCUT2D eigenvalue weighted by Gasteiger charge is 2.32. The lowest BCUT2D eigenvalue weighted by Crippen LogP contribution is -2.35. The van der Waals surface area contributed by atoms with Gasteiger partial charge in [-0.05, 0) is 55.8 Å². The number of carbonyl (C=O) groups excluding carboxylic acids is 1. The van der Waals surface area contributed by atoms with E-state index in [2.05, 4.69) is 27.6 Å². The average molecular weight is 449 g/mol. The molecule has 7 nitrogen and oxygen atoms in total. The minimum absolute atomic E-state index is 0.0329. The zero-order valence-corrected chi connectivity index (χ0v) is 16.5. The Morgan fingerprint density at radius 1 is 1.54 bits per heavy atom. The van der Waals surface area contributed by atoms with Gasteiger partial charge in [-0.1, -0.05) is 0 Å². The second-order valence-corrected chi connectivity index (χ2v) is 8.07. The number of ether oxygens (including phenoxy) is 1. The summed E-state index contributed by atoms with van der Waals surface area (Å²) in [5.74, 6) is 0.677. The summed E-state index contributed by atoms with van der Waals surface area (Å²) in [6.07, 6.45) is 1.22. The van der Waals surface area contributed by atoms with Crippen LogP contribution < -0.4 is 9.80 Å². The first kappa shape index (κ1) is 19.2. The van der Waals surface area contributed by atoms with Gasteiger partial charge in [-0.25, -0.2) is 9.78 Å². The first-order valence-corrected chi connectivity index (χ1v) is 8.88. The molecule has 1 aliphatic heterocycles. The van der Waals surface area contributed by atoms with Crippen molar-refractivity contribution < 1.29 is 19.7 Å². The van der Waals surface area contributed by atoms with E-state index in [9.17, 15) is 15.0 Å². The van der Waals surface area contributed by atoms with Gasteiger partial charge in [-0.2, -0.15) is 0 Å². The van der Waals surface area contributed by atoms with E-state index in [0.717, 1.165) is 3.57 Å². The molecule has 0 spiro atoms. The fourth-order valence-electron chi connectivity index (χ4n) is 2.59. The van der Waals surface area contributed by atoms with E-state index >= 15 is 0 Å². The van der Waals surface area contributed by atoms with Crippen molar-refractivity contribution in [3.05, 3.63) is 15.8 Å². The van der Waals surface area contributed by atoms with Crippen molar-refractivity contribution in [2.75, 3.05) is 30.0 Å². The fourth-order valence-corrected chi connectivity index (χ4v) is 3.37. The third-order valence-electron chi connectivity index (χ3n) is 3.75. The molecule has 0 aliphatic carbocycles. The van der Waals surface area contributed by atoms with E-state index in [1.165, 1.54) is 4.90 Å². The molecule has 1 aliphatic rings. The first-order valence-electron chi connectivity index (χ1n) is 7.80. The number of anilines is 2. The van der Waals surface area contributed by atoms with E-state index < -0.39 is 17.8 Å². The number of rotatable bonds is 3. The van der Waals surface area contributed by atoms with Gasteiger partial charge in [0.1, 0.15) is 11.4 Å². The fraction of sp³-hybridized carbons (Fsp3) is 0.625. The van der Waals surface area contributed by atoms with E-state index in [1.807, 2.05) is 31.7 Å². The van der Waals surface area contributed by atoms with Crippen LogP contribution in [0.25, 0.3) is 0 Å². The molecule has 0 saturated carbocycles. The molecular formula is C16H24IN3O4. The number of aliphatic hydroxyl groups is 2. The SMILES string of the molecule is CN(C(=O)OC(C)(C)C)c1cnc(N2C[C@@H](O)C[C@H]2CO)cc1I. The Balaban J connectivity index is 2.19. The second-order valence-electron chi connectivity index (χ2n) is 6.91. The van der Waals surface area contributed by atoms with Crippen LogP contribution in [0.3, 0.4) is 0 Å². The first-order chi connectivity index (χ1) is 11.1. The van der Waals surface area contributed by atoms with Crippen molar-refractivity contribution in [1.29, 1.82) is 0 Å². The number of carbonyl (C=O) groups is 1. The number of β-amino-alcohol motifs (C(OH)–C–C–N with tert-alkyl or cyclic N) is 1. The monoisotopic (exact) mass is 449 g/mol. The Morgan fingerprint density at radius 2 is 2.21 bits per heavy atom. The predicted molar refractivity (Wildman–Crippen MR) is 100 cm³/mol. The summed E-state index contributed by atoms with van der Waals surface area (Å²) < 4.78 is 6.20. The minimum Gasteiger partial charge on any atom is -0.443 e. The zero-order valence-electron chi connectivity index (χ0n) is 14.4. The van der Waals surface area contributed by atoms with Crippen molar-refractivity contribution in [2.45, 2.75) is 44.9 Å². The van der Waals surface area contributed by atoms with Gasteiger partial charge in [0.25, 0.3) is 0 Å². The third kappa shape index (κ3) is 4.48. The highest BCUT2D eigenvalue weighted by Crippen LogP contribution is 2.29. The lowest BCUT2D eigenvalue weighted by atomic mass is 10.2. The molecule has 8 heteroatoms. The van der Waals surface area contributed by atoms with Crippen molar-refractivity contribution >= 4 is 40.2 Å². The zero-order chi connectivity index (χ0) is 18.1. The van der Waals surface area contributed by atoms with Crippen LogP contribution in [0.2, 0.25) is 0 Å². The van der Waals surface area contributed by atoms with Gasteiger partial charge in [0.05, 0.1) is 30.6 Å². The molecule has 1 amide bonds. The van der Waals surface area contributed by atoms with Crippen LogP contribution in [0.5, 0.6) is 0 Å². The third-order valence-corrected chi connectivity index (χ3v) is 4.61. The average Bonchev–Trinajstić information content (AvgIpc) is 2.85. The maximum atomic E-state index is 12.2. The number of amides is 1. The smallest absolute Gasteiger partial charge is 0.414 e. The molecule has 0 aromatic carbocycles. The highest BCUT2D eigenvalue weighted by atomic mass is 127. The predicted octanol–water partition coefficient (Wildman–Crippen LogP) is 1.99. The van der Waals surface area contributed by atoms with Gasteiger partial charge >= 0.3 is 6.09 Å². The summed E-state index contributed by atoms with van der Waals surface area (Å²) >= 11 is 2.14. The van der Waals surface area contributed by atoms with Crippen LogP contribution in [0.15, 0.2) is 12.3 Å². The maximum absolute atomic E-state index is 12.2. The number of hydrogen-bond donors (Lipinski definition) is 2. The Kier molecular flexibility index (Phi) is 5.92. The Hall–Kier alpha value is -1.13. The molecular weight excluding hydrogens is 425 g/mol. The van der Waals surface area contributed by atoms with Gasteiger partial charge in [0.15, 0.2) is 0 Å². The number of aliphatic hydroxyl groups excluding tert-OH is 2. The molecule has 0 unspecified atom stereocenters. The van der Waals surface area contributed by atoms with Crippen LogP contribution in [-0.2, 0) is 4.74 Å². The van der Waals surface area contributed by atoms with Crippen LogP contribution in [-0.4, -0.2) is 59.2 Å². The minimum atomic E-state index is -0.565. The topological polar surface area (TPSA) is 86.1 Å². The molecule has 0 radical (unpaired) electrons. The summed E-state index contributed by atoms with van der Waals surface area (Å²) in [5.41, 5.74) is 0.0818. The van der Waals surface area contributed by atoms with Gasteiger partial charge in [0, 0.05) is 17.2 Å². The number of aromatic nitrogens is 1. The van der Waals surface area contributed by atoms with Crippen LogP contribution in [0.1, 0.15) is 27.2 Å². The molecule has 24 heavy (non-hydrogen) atoms. The van der Waals surface area contributed by atoms with E-state index in [0.29, 0.717) is 24.5 Å². The van der Waals surface area contributed by atoms with Gasteiger partial charge in [-0.3, -0.25) is 4.90 Å². The number of halogens is 1. The van der Waals surface area contributed by atoms with E-state index in [-0.39, 0.29) is 12.6 Å². The van der Waals surface area contributed by atoms with Gasteiger partial charge in [0.2, 0.25) is 0 Å². The van der Waals surface area contributed by atoms with Crippen molar-refractivity contribution in [2.24, 2.45) is 0 Å². The van der Waals surface area contributed by atoms with E-state index in [1.54, 1.807) is 13.2 Å². The molecule has 2 heterocycles. The molecule has 2 N–H and O–H groups in total. The molecule has 1 aromatic rings. The lowest BCUT2D eigenvalue weighted by Gasteiger charge is -2.27. The van der Waals surface area contributed by atoms with Crippen LogP contribution >= 0.6 is 22.6 Å². The maximum Gasteiger partial charge on any atom is 0.414 e. The molecule has 2 rings (SSSR count). The van der Waals surface area contributed by atoms with E-state index in [4.69, 9.17) is 4.74 Å². The normalized spacial score (nSPS) is 21.0. The van der Waals surface area contributed by atoms with Gasteiger partial charge in [-0.15, -0.1) is 0 Å². The number of nitrogens with zero attached hydrogens (tertiary/aromatic N) is 3. The molecule has 0 bridgehead atoms. The standard InChI is InChI=1S/C16H24IN3O4/c1-16(2,3)24-15(23)19(4)13-7-18-14(6-12(13)17)20-8-11(22)5-10(20)9-21/h6-7,10-11,21-22H,5,8-9H2,1-4H3/t10-,11-/m0/s1. The quantitative estimate of drug-likeness (QED) is 0.687. The number of hydrogen-bond acceptors (Lipinski definition) is 6. The summed E-state index contributed by atoms with van der Waals surface area (Å²) in [4.78, 5) is 19.9. The molecule has 134 valence electrons. The van der Waals surface area contributed by atoms with Crippen LogP contribution in [0.4, 0.5) is 16.3 Å². The second kappa shape index (κ2) is 7.40. The largest absolute Gasteiger partial charge is 0.443 e. The lowest BCUT2D eigenvalue weighted by molar-refractivity contribution is 0.0589.